The molecule has 136 valence electrons. The molecule has 8 nitrogen and oxygen atoms in total. The topological polar surface area (TPSA) is 108 Å². The quantitative estimate of drug-likeness (QED) is 0.250. The van der Waals surface area contributed by atoms with Crippen LogP contribution in [0.25, 0.3) is 17.5 Å². The summed E-state index contributed by atoms with van der Waals surface area (Å²) < 4.78 is 11.0. The highest BCUT2D eigenvalue weighted by Crippen LogP contribution is 2.20. The second kappa shape index (κ2) is 8.37. The van der Waals surface area contributed by atoms with Gasteiger partial charge < -0.3 is 9.26 Å². The molecule has 2 aromatic carbocycles. The van der Waals surface area contributed by atoms with Crippen LogP contribution in [0.15, 0.2) is 63.6 Å². The number of carbonyl (C=O) groups excluding carboxylic acids is 1. The number of rotatable bonds is 6. The Hall–Kier alpha value is -3.33. The van der Waals surface area contributed by atoms with Crippen LogP contribution in [0.2, 0.25) is 0 Å². The number of ether oxygens (including phenoxy) is 1. The lowest BCUT2D eigenvalue weighted by Gasteiger charge is -1.97. The average Bonchev–Trinajstić information content (AvgIpc) is 3.14. The second-order valence-corrected chi connectivity index (χ2v) is 6.23. The second-order valence-electron chi connectivity index (χ2n) is 5.31. The highest BCUT2D eigenvalue weighted by atomic mass is 79.9. The van der Waals surface area contributed by atoms with Gasteiger partial charge in [0.25, 0.3) is 11.6 Å². The maximum Gasteiger partial charge on any atom is 0.331 e. The number of nitro groups is 1. The molecule has 3 aromatic rings. The van der Waals surface area contributed by atoms with Crippen molar-refractivity contribution in [3.63, 3.8) is 0 Å². The smallest absolute Gasteiger partial charge is 0.331 e. The van der Waals surface area contributed by atoms with E-state index in [1.165, 1.54) is 36.4 Å². The number of halogens is 1. The minimum atomic E-state index is -0.601. The molecule has 9 heteroatoms. The van der Waals surface area contributed by atoms with Crippen LogP contribution >= 0.6 is 15.9 Å². The van der Waals surface area contributed by atoms with Gasteiger partial charge in [0, 0.05) is 28.2 Å². The predicted octanol–water partition coefficient (Wildman–Crippen LogP) is 4.16. The van der Waals surface area contributed by atoms with E-state index in [1.54, 1.807) is 0 Å². The molecule has 0 aliphatic carbocycles. The first-order valence-corrected chi connectivity index (χ1v) is 8.48. The van der Waals surface area contributed by atoms with Crippen molar-refractivity contribution in [3.8, 4) is 11.4 Å². The van der Waals surface area contributed by atoms with Gasteiger partial charge in [-0.05, 0) is 35.9 Å². The molecule has 0 amide bonds. The van der Waals surface area contributed by atoms with Crippen LogP contribution in [0.1, 0.15) is 11.5 Å². The number of nitro benzene ring substituents is 1. The lowest BCUT2D eigenvalue weighted by atomic mass is 10.2. The number of nitrogens with zero attached hydrogens (tertiary/aromatic N) is 3. The number of non-ortho nitro benzene ring substituents is 1. The predicted molar refractivity (Wildman–Crippen MR) is 99.4 cm³/mol. The Balaban J connectivity index is 1.55. The monoisotopic (exact) mass is 429 g/mol. The lowest BCUT2D eigenvalue weighted by Crippen LogP contribution is -2.01. The SMILES string of the molecule is O=C(/C=C/c1ccc([N+](=O)[O-])cc1)OCc1nc(-c2cccc(Br)c2)no1. The molecule has 0 N–H and O–H groups in total. The summed E-state index contributed by atoms with van der Waals surface area (Å²) in [7, 11) is 0. The normalized spacial score (nSPS) is 10.9. The molecule has 0 atom stereocenters. The van der Waals surface area contributed by atoms with Crippen molar-refractivity contribution in [2.75, 3.05) is 0 Å². The standard InChI is InChI=1S/C18H12BrN3O5/c19-14-3-1-2-13(10-14)18-20-16(27-21-18)11-26-17(23)9-6-12-4-7-15(8-5-12)22(24)25/h1-10H,11H2/b9-6+. The number of hydrogen-bond donors (Lipinski definition) is 0. The zero-order chi connectivity index (χ0) is 19.2. The maximum absolute atomic E-state index is 11.8. The number of carbonyl (C=O) groups is 1. The fraction of sp³-hybridized carbons (Fsp3) is 0.0556. The van der Waals surface area contributed by atoms with Gasteiger partial charge in [-0.1, -0.05) is 33.2 Å². The van der Waals surface area contributed by atoms with Gasteiger partial charge >= 0.3 is 5.97 Å². The van der Waals surface area contributed by atoms with Crippen LogP contribution in [0.5, 0.6) is 0 Å². The van der Waals surface area contributed by atoms with E-state index in [0.717, 1.165) is 10.0 Å². The largest absolute Gasteiger partial charge is 0.452 e. The molecule has 0 fully saturated rings. The van der Waals surface area contributed by atoms with Crippen molar-refractivity contribution < 1.29 is 19.0 Å². The first kappa shape index (κ1) is 18.5. The fourth-order valence-electron chi connectivity index (χ4n) is 2.11. The molecule has 0 saturated heterocycles. The van der Waals surface area contributed by atoms with E-state index >= 15 is 0 Å². The number of aromatic nitrogens is 2. The minimum absolute atomic E-state index is 0.0210. The fourth-order valence-corrected chi connectivity index (χ4v) is 2.51. The molecule has 1 heterocycles. The van der Waals surface area contributed by atoms with E-state index in [-0.39, 0.29) is 18.2 Å². The van der Waals surface area contributed by atoms with E-state index in [2.05, 4.69) is 26.1 Å². The molecule has 27 heavy (non-hydrogen) atoms. The molecule has 0 unspecified atom stereocenters. The molecule has 1 aromatic heterocycles. The molecule has 0 aliphatic heterocycles. The summed E-state index contributed by atoms with van der Waals surface area (Å²) >= 11 is 3.37. The van der Waals surface area contributed by atoms with Gasteiger partial charge in [0.1, 0.15) is 0 Å². The van der Waals surface area contributed by atoms with Gasteiger partial charge in [0.2, 0.25) is 5.82 Å². The third-order valence-electron chi connectivity index (χ3n) is 3.40. The summed E-state index contributed by atoms with van der Waals surface area (Å²) in [4.78, 5) is 26.1. The molecular formula is C18H12BrN3O5. The van der Waals surface area contributed by atoms with E-state index in [4.69, 9.17) is 9.26 Å². The Kier molecular flexibility index (Phi) is 5.72. The first-order valence-electron chi connectivity index (χ1n) is 7.69. The Morgan fingerprint density at radius 3 is 2.74 bits per heavy atom. The van der Waals surface area contributed by atoms with Crippen molar-refractivity contribution in [1.29, 1.82) is 0 Å². The van der Waals surface area contributed by atoms with Crippen LogP contribution in [0.4, 0.5) is 5.69 Å². The highest BCUT2D eigenvalue weighted by molar-refractivity contribution is 9.10. The van der Waals surface area contributed by atoms with Crippen LogP contribution in [0, 0.1) is 10.1 Å². The summed E-state index contributed by atoms with van der Waals surface area (Å²) in [6.45, 7) is -0.162. The summed E-state index contributed by atoms with van der Waals surface area (Å²) in [6, 6.07) is 13.2. The number of benzene rings is 2. The molecule has 0 aliphatic rings. The minimum Gasteiger partial charge on any atom is -0.452 e. The Morgan fingerprint density at radius 2 is 2.04 bits per heavy atom. The zero-order valence-electron chi connectivity index (χ0n) is 13.7. The molecule has 0 bridgehead atoms. The van der Waals surface area contributed by atoms with Gasteiger partial charge in [-0.25, -0.2) is 4.79 Å². The van der Waals surface area contributed by atoms with E-state index in [0.29, 0.717) is 11.4 Å². The van der Waals surface area contributed by atoms with Gasteiger partial charge in [-0.15, -0.1) is 0 Å². The van der Waals surface area contributed by atoms with Crippen molar-refractivity contribution in [1.82, 2.24) is 10.1 Å². The van der Waals surface area contributed by atoms with Crippen LogP contribution in [-0.2, 0) is 16.1 Å². The summed E-state index contributed by atoms with van der Waals surface area (Å²) in [5, 5.41) is 14.4. The third-order valence-corrected chi connectivity index (χ3v) is 3.90. The first-order chi connectivity index (χ1) is 13.0. The van der Waals surface area contributed by atoms with Crippen molar-refractivity contribution >= 4 is 33.7 Å². The van der Waals surface area contributed by atoms with E-state index in [1.807, 2.05) is 24.3 Å². The summed E-state index contributed by atoms with van der Waals surface area (Å²) in [6.07, 6.45) is 2.71. The van der Waals surface area contributed by atoms with Crippen LogP contribution < -0.4 is 0 Å². The van der Waals surface area contributed by atoms with Gasteiger partial charge in [0.15, 0.2) is 6.61 Å². The number of esters is 1. The average molecular weight is 430 g/mol. The summed E-state index contributed by atoms with van der Waals surface area (Å²) in [5.74, 6) is -0.0404. The van der Waals surface area contributed by atoms with Crippen LogP contribution in [0.3, 0.4) is 0 Å². The van der Waals surface area contributed by atoms with Crippen molar-refractivity contribution in [3.05, 3.63) is 80.6 Å². The van der Waals surface area contributed by atoms with Crippen molar-refractivity contribution in [2.45, 2.75) is 6.61 Å². The third kappa shape index (κ3) is 5.08. The molecule has 0 radical (unpaired) electrons. The Morgan fingerprint density at radius 1 is 1.26 bits per heavy atom. The Bertz CT molecular complexity index is 998. The zero-order valence-corrected chi connectivity index (χ0v) is 15.3. The molecule has 0 saturated carbocycles. The van der Waals surface area contributed by atoms with Gasteiger partial charge in [0.05, 0.1) is 4.92 Å². The Labute approximate surface area is 161 Å². The number of hydrogen-bond acceptors (Lipinski definition) is 7. The molecule has 0 spiro atoms. The lowest BCUT2D eigenvalue weighted by molar-refractivity contribution is -0.384. The van der Waals surface area contributed by atoms with E-state index < -0.39 is 10.9 Å². The van der Waals surface area contributed by atoms with E-state index in [9.17, 15) is 14.9 Å². The van der Waals surface area contributed by atoms with Gasteiger partial charge in [-0.3, -0.25) is 10.1 Å². The van der Waals surface area contributed by atoms with Crippen LogP contribution in [-0.4, -0.2) is 21.0 Å². The highest BCUT2D eigenvalue weighted by Gasteiger charge is 2.10. The maximum atomic E-state index is 11.8. The molecular weight excluding hydrogens is 418 g/mol. The van der Waals surface area contributed by atoms with Gasteiger partial charge in [-0.2, -0.15) is 4.98 Å². The van der Waals surface area contributed by atoms with Crippen molar-refractivity contribution in [2.24, 2.45) is 0 Å². The molecule has 3 rings (SSSR count). The summed E-state index contributed by atoms with van der Waals surface area (Å²) in [5.41, 5.74) is 1.38.